The Morgan fingerprint density at radius 3 is 2.58 bits per heavy atom. The Kier molecular flexibility index (Phi) is 5.02. The maximum Gasteiger partial charge on any atom is 0.267 e. The number of para-hydroxylation sites is 1. The van der Waals surface area contributed by atoms with E-state index in [4.69, 9.17) is 0 Å². The van der Waals surface area contributed by atoms with Crippen molar-refractivity contribution in [3.05, 3.63) is 64.4 Å². The number of amides is 1. The van der Waals surface area contributed by atoms with E-state index in [9.17, 15) is 9.59 Å². The SMILES string of the molecule is CCN(C(=O)CSc1nnc2n(-c3ccc(C)cc3)c(=O)c3ccccc3n12)C1CC1. The van der Waals surface area contributed by atoms with Crippen molar-refractivity contribution in [1.29, 1.82) is 0 Å². The van der Waals surface area contributed by atoms with Gasteiger partial charge in [-0.1, -0.05) is 41.6 Å². The molecule has 7 nitrogen and oxygen atoms in total. The van der Waals surface area contributed by atoms with Gasteiger partial charge in [-0.15, -0.1) is 10.2 Å². The Morgan fingerprint density at radius 1 is 1.13 bits per heavy atom. The zero-order valence-electron chi connectivity index (χ0n) is 17.5. The van der Waals surface area contributed by atoms with Crippen LogP contribution in [0.4, 0.5) is 0 Å². The van der Waals surface area contributed by atoms with Gasteiger partial charge in [-0.3, -0.25) is 14.0 Å². The van der Waals surface area contributed by atoms with Gasteiger partial charge in [0.2, 0.25) is 11.7 Å². The standard InChI is InChI=1S/C23H23N5O2S/c1-3-26(16-12-13-16)20(29)14-31-23-25-24-22-27(17-10-8-15(2)9-11-17)21(30)18-6-4-5-7-19(18)28(22)23/h4-11,16H,3,12-14H2,1-2H3. The predicted octanol–water partition coefficient (Wildman–Crippen LogP) is 3.44. The first-order valence-electron chi connectivity index (χ1n) is 10.5. The number of rotatable bonds is 6. The minimum atomic E-state index is -0.141. The maximum atomic E-state index is 13.3. The first kappa shape index (κ1) is 19.8. The van der Waals surface area contributed by atoms with Gasteiger partial charge < -0.3 is 4.90 Å². The minimum Gasteiger partial charge on any atom is -0.339 e. The van der Waals surface area contributed by atoms with Crippen LogP contribution in [0.1, 0.15) is 25.3 Å². The van der Waals surface area contributed by atoms with Crippen molar-refractivity contribution >= 4 is 34.3 Å². The Balaban J connectivity index is 1.62. The van der Waals surface area contributed by atoms with Crippen molar-refractivity contribution in [1.82, 2.24) is 24.1 Å². The molecule has 1 fully saturated rings. The van der Waals surface area contributed by atoms with Crippen molar-refractivity contribution in [2.75, 3.05) is 12.3 Å². The average molecular weight is 434 g/mol. The van der Waals surface area contributed by atoms with Gasteiger partial charge in [0.1, 0.15) is 0 Å². The molecule has 158 valence electrons. The summed E-state index contributed by atoms with van der Waals surface area (Å²) < 4.78 is 3.46. The number of carbonyl (C=O) groups is 1. The molecule has 1 saturated carbocycles. The first-order chi connectivity index (χ1) is 15.1. The number of benzene rings is 2. The van der Waals surface area contributed by atoms with Gasteiger partial charge in [-0.25, -0.2) is 4.57 Å². The second-order valence-electron chi connectivity index (χ2n) is 7.81. The van der Waals surface area contributed by atoms with Gasteiger partial charge in [0.15, 0.2) is 5.16 Å². The lowest BCUT2D eigenvalue weighted by Crippen LogP contribution is -2.34. The molecule has 5 rings (SSSR count). The van der Waals surface area contributed by atoms with Crippen molar-refractivity contribution in [3.63, 3.8) is 0 Å². The highest BCUT2D eigenvalue weighted by Gasteiger charge is 2.31. The number of hydrogen-bond acceptors (Lipinski definition) is 5. The van der Waals surface area contributed by atoms with Crippen LogP contribution in [0.15, 0.2) is 58.5 Å². The fourth-order valence-electron chi connectivity index (χ4n) is 3.93. The van der Waals surface area contributed by atoms with Crippen LogP contribution in [0, 0.1) is 6.92 Å². The Bertz CT molecular complexity index is 1340. The second kappa shape index (κ2) is 7.85. The highest BCUT2D eigenvalue weighted by atomic mass is 32.2. The quantitative estimate of drug-likeness (QED) is 0.436. The van der Waals surface area contributed by atoms with Crippen LogP contribution in [-0.4, -0.2) is 48.3 Å². The fourth-order valence-corrected chi connectivity index (χ4v) is 4.76. The van der Waals surface area contributed by atoms with E-state index < -0.39 is 0 Å². The number of nitrogens with zero attached hydrogens (tertiary/aromatic N) is 5. The van der Waals surface area contributed by atoms with E-state index in [2.05, 4.69) is 10.2 Å². The van der Waals surface area contributed by atoms with Gasteiger partial charge in [-0.2, -0.15) is 0 Å². The highest BCUT2D eigenvalue weighted by Crippen LogP contribution is 2.28. The molecule has 2 aromatic carbocycles. The Hall–Kier alpha value is -3.13. The lowest BCUT2D eigenvalue weighted by Gasteiger charge is -2.19. The molecule has 1 aliphatic rings. The number of carbonyl (C=O) groups excluding carboxylic acids is 1. The Labute approximate surface area is 183 Å². The highest BCUT2D eigenvalue weighted by molar-refractivity contribution is 7.99. The summed E-state index contributed by atoms with van der Waals surface area (Å²) in [5.41, 5.74) is 2.44. The minimum absolute atomic E-state index is 0.114. The van der Waals surface area contributed by atoms with Gasteiger partial charge in [0, 0.05) is 12.6 Å². The van der Waals surface area contributed by atoms with Crippen LogP contribution in [0.5, 0.6) is 0 Å². The molecule has 1 amide bonds. The molecule has 8 heteroatoms. The van der Waals surface area contributed by atoms with Crippen LogP contribution in [0.25, 0.3) is 22.4 Å². The summed E-state index contributed by atoms with van der Waals surface area (Å²) in [7, 11) is 0. The summed E-state index contributed by atoms with van der Waals surface area (Å²) in [6, 6.07) is 15.6. The molecule has 0 saturated heterocycles. The molecule has 4 aromatic rings. The third kappa shape index (κ3) is 3.50. The number of hydrogen-bond donors (Lipinski definition) is 0. The average Bonchev–Trinajstić information content (AvgIpc) is 3.53. The smallest absolute Gasteiger partial charge is 0.267 e. The monoisotopic (exact) mass is 433 g/mol. The summed E-state index contributed by atoms with van der Waals surface area (Å²) in [6.07, 6.45) is 2.18. The zero-order chi connectivity index (χ0) is 21.5. The normalized spacial score (nSPS) is 13.7. The van der Waals surface area contributed by atoms with Crippen molar-refractivity contribution in [2.24, 2.45) is 0 Å². The van der Waals surface area contributed by atoms with Crippen LogP contribution >= 0.6 is 11.8 Å². The predicted molar refractivity (Wildman–Crippen MR) is 122 cm³/mol. The number of fused-ring (bicyclic) bond motifs is 3. The molecule has 31 heavy (non-hydrogen) atoms. The topological polar surface area (TPSA) is 72.5 Å². The summed E-state index contributed by atoms with van der Waals surface area (Å²) in [4.78, 5) is 28.0. The largest absolute Gasteiger partial charge is 0.339 e. The fraction of sp³-hybridized carbons (Fsp3) is 0.304. The number of aryl methyl sites for hydroxylation is 1. The van der Waals surface area contributed by atoms with E-state index in [1.807, 2.05) is 71.7 Å². The molecular weight excluding hydrogens is 410 g/mol. The van der Waals surface area contributed by atoms with Crippen molar-refractivity contribution in [2.45, 2.75) is 37.9 Å². The molecule has 2 heterocycles. The van der Waals surface area contributed by atoms with Gasteiger partial charge in [0.25, 0.3) is 5.56 Å². The summed E-state index contributed by atoms with van der Waals surface area (Å²) in [6.45, 7) is 4.74. The zero-order valence-corrected chi connectivity index (χ0v) is 18.3. The Morgan fingerprint density at radius 2 is 1.87 bits per heavy atom. The molecule has 2 aromatic heterocycles. The molecule has 0 unspecified atom stereocenters. The summed E-state index contributed by atoms with van der Waals surface area (Å²) in [5.74, 6) is 0.850. The van der Waals surface area contributed by atoms with Gasteiger partial charge >= 0.3 is 0 Å². The van der Waals surface area contributed by atoms with Crippen molar-refractivity contribution in [3.8, 4) is 5.69 Å². The second-order valence-corrected chi connectivity index (χ2v) is 8.75. The van der Waals surface area contributed by atoms with E-state index >= 15 is 0 Å². The van der Waals surface area contributed by atoms with Gasteiger partial charge in [0.05, 0.1) is 22.3 Å². The summed E-state index contributed by atoms with van der Waals surface area (Å²) in [5, 5.41) is 9.89. The molecule has 0 atom stereocenters. The number of thioether (sulfide) groups is 1. The van der Waals surface area contributed by atoms with E-state index in [1.54, 1.807) is 4.57 Å². The van der Waals surface area contributed by atoms with Crippen LogP contribution in [0.2, 0.25) is 0 Å². The molecule has 1 aliphatic carbocycles. The number of aromatic nitrogens is 4. The third-order valence-electron chi connectivity index (χ3n) is 5.66. The molecule has 0 aliphatic heterocycles. The van der Waals surface area contributed by atoms with Crippen LogP contribution < -0.4 is 5.56 Å². The summed E-state index contributed by atoms with van der Waals surface area (Å²) >= 11 is 1.36. The molecule has 0 radical (unpaired) electrons. The van der Waals surface area contributed by atoms with E-state index in [-0.39, 0.29) is 11.5 Å². The molecule has 0 spiro atoms. The molecule has 0 bridgehead atoms. The molecule has 0 N–H and O–H groups in total. The first-order valence-corrected chi connectivity index (χ1v) is 11.4. The maximum absolute atomic E-state index is 13.3. The van der Waals surface area contributed by atoms with Crippen LogP contribution in [-0.2, 0) is 4.79 Å². The van der Waals surface area contributed by atoms with E-state index in [1.165, 1.54) is 11.8 Å². The third-order valence-corrected chi connectivity index (χ3v) is 6.57. The lowest BCUT2D eigenvalue weighted by atomic mass is 10.2. The van der Waals surface area contributed by atoms with Crippen LogP contribution in [0.3, 0.4) is 0 Å². The van der Waals surface area contributed by atoms with E-state index in [0.29, 0.717) is 28.1 Å². The molecular formula is C23H23N5O2S. The van der Waals surface area contributed by atoms with Crippen molar-refractivity contribution < 1.29 is 4.79 Å². The van der Waals surface area contributed by atoms with E-state index in [0.717, 1.165) is 36.2 Å². The van der Waals surface area contributed by atoms with Gasteiger partial charge in [-0.05, 0) is 51.0 Å². The lowest BCUT2D eigenvalue weighted by molar-refractivity contribution is -0.128.